The average Bonchev–Trinajstić information content (AvgIpc) is 2.34. The minimum Gasteiger partial charge on any atom is -0.339 e. The van der Waals surface area contributed by atoms with Gasteiger partial charge in [-0.25, -0.2) is 0 Å². The number of nitrogens with zero attached hydrogens (tertiary/aromatic N) is 2. The van der Waals surface area contributed by atoms with Gasteiger partial charge >= 0.3 is 0 Å². The van der Waals surface area contributed by atoms with Crippen LogP contribution in [-0.2, 0) is 9.59 Å². The van der Waals surface area contributed by atoms with Crippen LogP contribution in [0.4, 0.5) is 0 Å². The fraction of sp³-hybridized carbons (Fsp3) is 0.833. The normalized spacial score (nSPS) is 16.1. The minimum atomic E-state index is 0.0973. The van der Waals surface area contributed by atoms with Crippen molar-refractivity contribution >= 4 is 11.8 Å². The Morgan fingerprint density at radius 2 is 1.59 bits per heavy atom. The summed E-state index contributed by atoms with van der Waals surface area (Å²) in [5, 5.41) is 0. The summed E-state index contributed by atoms with van der Waals surface area (Å²) in [6, 6.07) is 0. The quantitative estimate of drug-likeness (QED) is 0.699. The van der Waals surface area contributed by atoms with Crippen LogP contribution >= 0.6 is 0 Å². The highest BCUT2D eigenvalue weighted by Gasteiger charge is 2.21. The number of amides is 2. The molecule has 1 rings (SSSR count). The number of unbranched alkanes of at least 4 members (excludes halogenated alkanes) is 2. The maximum atomic E-state index is 11.8. The van der Waals surface area contributed by atoms with Crippen LogP contribution in [0.25, 0.3) is 0 Å². The predicted molar refractivity (Wildman–Crippen MR) is 66.4 cm³/mol. The largest absolute Gasteiger partial charge is 0.339 e. The molecule has 98 valence electrons. The zero-order valence-corrected chi connectivity index (χ0v) is 10.7. The topological polar surface area (TPSA) is 66.6 Å². The molecule has 0 aromatic rings. The lowest BCUT2D eigenvalue weighted by Gasteiger charge is -2.34. The third-order valence-corrected chi connectivity index (χ3v) is 3.17. The van der Waals surface area contributed by atoms with Crippen LogP contribution in [0.15, 0.2) is 0 Å². The summed E-state index contributed by atoms with van der Waals surface area (Å²) in [6.07, 6.45) is 3.55. The van der Waals surface area contributed by atoms with E-state index in [0.717, 1.165) is 19.3 Å². The van der Waals surface area contributed by atoms with Crippen LogP contribution in [0.5, 0.6) is 0 Å². The highest BCUT2D eigenvalue weighted by molar-refractivity contribution is 5.77. The van der Waals surface area contributed by atoms with E-state index in [9.17, 15) is 9.59 Å². The molecule has 0 atom stereocenters. The van der Waals surface area contributed by atoms with Gasteiger partial charge in [0, 0.05) is 39.5 Å². The molecule has 2 N–H and O–H groups in total. The zero-order valence-electron chi connectivity index (χ0n) is 10.7. The van der Waals surface area contributed by atoms with Crippen molar-refractivity contribution in [1.82, 2.24) is 9.80 Å². The SMILES string of the molecule is CC(=O)N1CCN(C(=O)CCCCCN)CC1. The lowest BCUT2D eigenvalue weighted by atomic mass is 10.1. The smallest absolute Gasteiger partial charge is 0.222 e. The van der Waals surface area contributed by atoms with E-state index < -0.39 is 0 Å². The van der Waals surface area contributed by atoms with Crippen molar-refractivity contribution in [2.24, 2.45) is 5.73 Å². The molecule has 1 fully saturated rings. The molecule has 1 saturated heterocycles. The molecule has 0 aliphatic carbocycles. The fourth-order valence-electron chi connectivity index (χ4n) is 2.03. The van der Waals surface area contributed by atoms with Gasteiger partial charge in [-0.15, -0.1) is 0 Å². The van der Waals surface area contributed by atoms with Gasteiger partial charge in [0.2, 0.25) is 11.8 Å². The molecule has 1 aliphatic heterocycles. The van der Waals surface area contributed by atoms with E-state index in [1.54, 1.807) is 11.8 Å². The average molecular weight is 241 g/mol. The molecule has 0 saturated carbocycles. The van der Waals surface area contributed by atoms with E-state index in [4.69, 9.17) is 5.73 Å². The highest BCUT2D eigenvalue weighted by Crippen LogP contribution is 2.07. The van der Waals surface area contributed by atoms with E-state index in [0.29, 0.717) is 39.1 Å². The Hall–Kier alpha value is -1.10. The fourth-order valence-corrected chi connectivity index (χ4v) is 2.03. The molecule has 17 heavy (non-hydrogen) atoms. The third-order valence-electron chi connectivity index (χ3n) is 3.17. The number of nitrogens with two attached hydrogens (primary N) is 1. The standard InChI is InChI=1S/C12H23N3O2/c1-11(16)14-7-9-15(10-8-14)12(17)5-3-2-4-6-13/h2-10,13H2,1H3. The molecule has 0 radical (unpaired) electrons. The molecule has 0 bridgehead atoms. The predicted octanol–water partition coefficient (Wildman–Crippen LogP) is 0.196. The lowest BCUT2D eigenvalue weighted by Crippen LogP contribution is -2.50. The minimum absolute atomic E-state index is 0.0973. The van der Waals surface area contributed by atoms with Crippen LogP contribution in [-0.4, -0.2) is 54.3 Å². The summed E-state index contributed by atoms with van der Waals surface area (Å²) in [4.78, 5) is 26.6. The molecule has 1 aliphatic rings. The van der Waals surface area contributed by atoms with E-state index in [1.165, 1.54) is 0 Å². The zero-order chi connectivity index (χ0) is 12.7. The van der Waals surface area contributed by atoms with Crippen molar-refractivity contribution in [2.75, 3.05) is 32.7 Å². The Balaban J connectivity index is 2.19. The Labute approximate surface area is 103 Å². The second kappa shape index (κ2) is 7.27. The van der Waals surface area contributed by atoms with Gasteiger partial charge in [0.1, 0.15) is 0 Å². The van der Waals surface area contributed by atoms with Crippen molar-refractivity contribution in [3.05, 3.63) is 0 Å². The second-order valence-corrected chi connectivity index (χ2v) is 4.49. The first-order valence-corrected chi connectivity index (χ1v) is 6.38. The van der Waals surface area contributed by atoms with Crippen LogP contribution in [0, 0.1) is 0 Å². The summed E-state index contributed by atoms with van der Waals surface area (Å²) in [7, 11) is 0. The molecule has 2 amide bonds. The number of carbonyl (C=O) groups excluding carboxylic acids is 2. The van der Waals surface area contributed by atoms with Gasteiger partial charge in [-0.05, 0) is 19.4 Å². The Bertz CT molecular complexity index is 260. The van der Waals surface area contributed by atoms with Gasteiger partial charge in [-0.3, -0.25) is 9.59 Å². The summed E-state index contributed by atoms with van der Waals surface area (Å²) in [6.45, 7) is 4.97. The Morgan fingerprint density at radius 3 is 2.12 bits per heavy atom. The lowest BCUT2D eigenvalue weighted by molar-refractivity contribution is -0.138. The first-order valence-electron chi connectivity index (χ1n) is 6.38. The van der Waals surface area contributed by atoms with Crippen LogP contribution in [0.3, 0.4) is 0 Å². The molecule has 0 unspecified atom stereocenters. The summed E-state index contributed by atoms with van der Waals surface area (Å²) in [5.74, 6) is 0.310. The third kappa shape index (κ3) is 4.73. The van der Waals surface area contributed by atoms with Gasteiger partial charge in [-0.2, -0.15) is 0 Å². The van der Waals surface area contributed by atoms with Gasteiger partial charge in [-0.1, -0.05) is 6.42 Å². The maximum absolute atomic E-state index is 11.8. The van der Waals surface area contributed by atoms with Crippen molar-refractivity contribution in [2.45, 2.75) is 32.6 Å². The van der Waals surface area contributed by atoms with Gasteiger partial charge in [0.15, 0.2) is 0 Å². The van der Waals surface area contributed by atoms with Gasteiger partial charge in [0.25, 0.3) is 0 Å². The van der Waals surface area contributed by atoms with Crippen LogP contribution in [0.2, 0.25) is 0 Å². The molecule has 0 aromatic heterocycles. The van der Waals surface area contributed by atoms with Gasteiger partial charge < -0.3 is 15.5 Å². The number of hydrogen-bond acceptors (Lipinski definition) is 3. The summed E-state index contributed by atoms with van der Waals surface area (Å²) < 4.78 is 0. The number of carbonyl (C=O) groups is 2. The molecular weight excluding hydrogens is 218 g/mol. The van der Waals surface area contributed by atoms with Crippen molar-refractivity contribution < 1.29 is 9.59 Å². The van der Waals surface area contributed by atoms with Crippen LogP contribution < -0.4 is 5.73 Å². The van der Waals surface area contributed by atoms with E-state index in [1.807, 2.05) is 4.90 Å². The molecule has 0 aromatic carbocycles. The number of hydrogen-bond donors (Lipinski definition) is 1. The van der Waals surface area contributed by atoms with Gasteiger partial charge in [0.05, 0.1) is 0 Å². The molecular formula is C12H23N3O2. The number of piperazine rings is 1. The monoisotopic (exact) mass is 241 g/mol. The van der Waals surface area contributed by atoms with Crippen molar-refractivity contribution in [3.8, 4) is 0 Å². The first-order chi connectivity index (χ1) is 8.15. The Kier molecular flexibility index (Phi) is 5.97. The molecule has 0 spiro atoms. The van der Waals surface area contributed by atoms with Crippen LogP contribution in [0.1, 0.15) is 32.6 Å². The maximum Gasteiger partial charge on any atom is 0.222 e. The van der Waals surface area contributed by atoms with E-state index in [2.05, 4.69) is 0 Å². The highest BCUT2D eigenvalue weighted by atomic mass is 16.2. The van der Waals surface area contributed by atoms with Crippen molar-refractivity contribution in [1.29, 1.82) is 0 Å². The summed E-state index contributed by atoms with van der Waals surface area (Å²) in [5.41, 5.74) is 5.40. The summed E-state index contributed by atoms with van der Waals surface area (Å²) >= 11 is 0. The Morgan fingerprint density at radius 1 is 1.00 bits per heavy atom. The number of rotatable bonds is 5. The second-order valence-electron chi connectivity index (χ2n) is 4.49. The molecule has 5 heteroatoms. The van der Waals surface area contributed by atoms with E-state index in [-0.39, 0.29) is 11.8 Å². The molecule has 5 nitrogen and oxygen atoms in total. The van der Waals surface area contributed by atoms with E-state index >= 15 is 0 Å². The van der Waals surface area contributed by atoms with Crippen molar-refractivity contribution in [3.63, 3.8) is 0 Å². The molecule has 1 heterocycles. The first kappa shape index (κ1) is 14.0.